The second-order valence-electron chi connectivity index (χ2n) is 3.32. The van der Waals surface area contributed by atoms with Gasteiger partial charge in [-0.25, -0.2) is 14.8 Å². The molecule has 78 valence electrons. The number of aromatic amines is 1. The minimum absolute atomic E-state index is 0.366. The van der Waals surface area contributed by atoms with Crippen molar-refractivity contribution < 1.29 is 4.42 Å². The minimum Gasteiger partial charge on any atom is -0.443 e. The fourth-order valence-corrected chi connectivity index (χ4v) is 1.56. The summed E-state index contributed by atoms with van der Waals surface area (Å²) < 4.78 is 5.19. The molecule has 0 aliphatic heterocycles. The molecule has 5 heteroatoms. The Bertz CT molecular complexity index is 699. The minimum atomic E-state index is -0.366. The number of hydrogen-bond donors (Lipinski definition) is 1. The van der Waals surface area contributed by atoms with Gasteiger partial charge in [0.15, 0.2) is 12.0 Å². The van der Waals surface area contributed by atoms with E-state index in [0.717, 1.165) is 11.1 Å². The van der Waals surface area contributed by atoms with Gasteiger partial charge in [-0.05, 0) is 18.2 Å². The van der Waals surface area contributed by atoms with E-state index in [1.807, 2.05) is 18.2 Å². The largest absolute Gasteiger partial charge is 0.443 e. The summed E-state index contributed by atoms with van der Waals surface area (Å²) in [6, 6.07) is 7.27. The Morgan fingerprint density at radius 2 is 2.12 bits per heavy atom. The maximum absolute atomic E-state index is 11.1. The van der Waals surface area contributed by atoms with E-state index in [-0.39, 0.29) is 5.69 Å². The van der Waals surface area contributed by atoms with Crippen LogP contribution in [0.2, 0.25) is 0 Å². The topological polar surface area (TPSA) is 71.8 Å². The van der Waals surface area contributed by atoms with Crippen molar-refractivity contribution in [2.75, 3.05) is 0 Å². The molecule has 3 rings (SSSR count). The SMILES string of the molecule is O=c1nccc(-c2ccc3ncoc3c2)[nH]1. The van der Waals surface area contributed by atoms with Gasteiger partial charge in [0.2, 0.25) is 0 Å². The van der Waals surface area contributed by atoms with Gasteiger partial charge in [0, 0.05) is 11.8 Å². The van der Waals surface area contributed by atoms with E-state index in [0.29, 0.717) is 11.3 Å². The number of aromatic nitrogens is 3. The van der Waals surface area contributed by atoms with Gasteiger partial charge < -0.3 is 9.40 Å². The van der Waals surface area contributed by atoms with Crippen molar-refractivity contribution in [1.29, 1.82) is 0 Å². The Morgan fingerprint density at radius 3 is 3.00 bits per heavy atom. The first-order valence-corrected chi connectivity index (χ1v) is 4.72. The summed E-state index contributed by atoms with van der Waals surface area (Å²) in [6.07, 6.45) is 2.86. The molecule has 0 aliphatic rings. The monoisotopic (exact) mass is 213 g/mol. The molecule has 0 aliphatic carbocycles. The van der Waals surface area contributed by atoms with Crippen LogP contribution >= 0.6 is 0 Å². The summed E-state index contributed by atoms with van der Waals surface area (Å²) in [5, 5.41) is 0. The summed E-state index contributed by atoms with van der Waals surface area (Å²) in [4.78, 5) is 21.3. The molecule has 0 spiro atoms. The maximum atomic E-state index is 11.1. The van der Waals surface area contributed by atoms with Crippen molar-refractivity contribution >= 4 is 11.1 Å². The standard InChI is InChI=1S/C11H7N3O2/c15-11-12-4-3-8(14-11)7-1-2-9-10(5-7)16-6-13-9/h1-6H,(H,12,14,15). The molecule has 1 N–H and O–H groups in total. The predicted octanol–water partition coefficient (Wildman–Crippen LogP) is 1.58. The number of nitrogens with one attached hydrogen (secondary N) is 1. The average molecular weight is 213 g/mol. The molecule has 0 fully saturated rings. The Labute approximate surface area is 89.8 Å². The van der Waals surface area contributed by atoms with Crippen LogP contribution in [0.3, 0.4) is 0 Å². The van der Waals surface area contributed by atoms with Crippen molar-refractivity contribution in [2.45, 2.75) is 0 Å². The van der Waals surface area contributed by atoms with E-state index >= 15 is 0 Å². The van der Waals surface area contributed by atoms with Crippen LogP contribution in [0.25, 0.3) is 22.4 Å². The lowest BCUT2D eigenvalue weighted by molar-refractivity contribution is 0.602. The van der Waals surface area contributed by atoms with Crippen molar-refractivity contribution in [3.63, 3.8) is 0 Å². The van der Waals surface area contributed by atoms with Crippen LogP contribution in [-0.4, -0.2) is 15.0 Å². The van der Waals surface area contributed by atoms with E-state index in [4.69, 9.17) is 4.42 Å². The number of fused-ring (bicyclic) bond motifs is 1. The van der Waals surface area contributed by atoms with Crippen LogP contribution in [0.4, 0.5) is 0 Å². The van der Waals surface area contributed by atoms with E-state index in [1.54, 1.807) is 6.07 Å². The summed E-state index contributed by atoms with van der Waals surface area (Å²) in [6.45, 7) is 0. The first kappa shape index (κ1) is 8.84. The third-order valence-corrected chi connectivity index (χ3v) is 2.32. The smallest absolute Gasteiger partial charge is 0.345 e. The molecule has 0 bridgehead atoms. The third kappa shape index (κ3) is 1.38. The van der Waals surface area contributed by atoms with Gasteiger partial charge in [0.1, 0.15) is 5.52 Å². The van der Waals surface area contributed by atoms with Gasteiger partial charge in [-0.3, -0.25) is 0 Å². The zero-order valence-electron chi connectivity index (χ0n) is 8.18. The molecule has 2 aromatic heterocycles. The lowest BCUT2D eigenvalue weighted by Crippen LogP contribution is -2.09. The van der Waals surface area contributed by atoms with Gasteiger partial charge in [0.05, 0.1) is 5.69 Å². The molecule has 5 nitrogen and oxygen atoms in total. The first-order valence-electron chi connectivity index (χ1n) is 4.72. The number of nitrogens with zero attached hydrogens (tertiary/aromatic N) is 2. The molecule has 0 unspecified atom stereocenters. The molecule has 0 saturated heterocycles. The number of hydrogen-bond acceptors (Lipinski definition) is 4. The van der Waals surface area contributed by atoms with Crippen LogP contribution in [0.5, 0.6) is 0 Å². The highest BCUT2D eigenvalue weighted by atomic mass is 16.3. The quantitative estimate of drug-likeness (QED) is 0.666. The van der Waals surface area contributed by atoms with Gasteiger partial charge in [0.25, 0.3) is 0 Å². The number of rotatable bonds is 1. The van der Waals surface area contributed by atoms with Crippen LogP contribution in [0.15, 0.2) is 46.1 Å². The molecule has 1 aromatic carbocycles. The molecule has 3 aromatic rings. The van der Waals surface area contributed by atoms with E-state index in [2.05, 4.69) is 15.0 Å². The zero-order chi connectivity index (χ0) is 11.0. The molecular formula is C11H7N3O2. The van der Waals surface area contributed by atoms with Crippen molar-refractivity contribution in [3.8, 4) is 11.3 Å². The van der Waals surface area contributed by atoms with E-state index < -0.39 is 0 Å². The molecule has 0 amide bonds. The van der Waals surface area contributed by atoms with Crippen LogP contribution in [-0.2, 0) is 0 Å². The fourth-order valence-electron chi connectivity index (χ4n) is 1.56. The second kappa shape index (κ2) is 3.30. The normalized spacial score (nSPS) is 10.8. The van der Waals surface area contributed by atoms with Gasteiger partial charge in [-0.2, -0.15) is 0 Å². The Kier molecular flexibility index (Phi) is 1.83. The third-order valence-electron chi connectivity index (χ3n) is 2.32. The molecule has 16 heavy (non-hydrogen) atoms. The second-order valence-corrected chi connectivity index (χ2v) is 3.32. The lowest BCUT2D eigenvalue weighted by atomic mass is 10.1. The summed E-state index contributed by atoms with van der Waals surface area (Å²) in [7, 11) is 0. The van der Waals surface area contributed by atoms with Crippen LogP contribution in [0, 0.1) is 0 Å². The Hall–Kier alpha value is -2.43. The molecule has 0 atom stereocenters. The highest BCUT2D eigenvalue weighted by Gasteiger charge is 2.03. The van der Waals surface area contributed by atoms with Gasteiger partial charge in [-0.15, -0.1) is 0 Å². The fraction of sp³-hybridized carbons (Fsp3) is 0. The van der Waals surface area contributed by atoms with Crippen molar-refractivity contribution in [2.24, 2.45) is 0 Å². The van der Waals surface area contributed by atoms with Crippen molar-refractivity contribution in [3.05, 3.63) is 47.3 Å². The summed E-state index contributed by atoms with van der Waals surface area (Å²) in [5.41, 5.74) is 2.69. The zero-order valence-corrected chi connectivity index (χ0v) is 8.18. The highest BCUT2D eigenvalue weighted by molar-refractivity contribution is 5.78. The van der Waals surface area contributed by atoms with Gasteiger partial charge in [-0.1, -0.05) is 6.07 Å². The number of H-pyrrole nitrogens is 1. The predicted molar refractivity (Wildman–Crippen MR) is 57.9 cm³/mol. The molecule has 0 saturated carbocycles. The first-order chi connectivity index (χ1) is 7.83. The number of benzene rings is 1. The van der Waals surface area contributed by atoms with E-state index in [1.165, 1.54) is 12.6 Å². The van der Waals surface area contributed by atoms with Crippen molar-refractivity contribution in [1.82, 2.24) is 15.0 Å². The van der Waals surface area contributed by atoms with Gasteiger partial charge >= 0.3 is 5.69 Å². The van der Waals surface area contributed by atoms with Crippen LogP contribution in [0.1, 0.15) is 0 Å². The summed E-state index contributed by atoms with van der Waals surface area (Å²) in [5.74, 6) is 0. The molecule has 2 heterocycles. The average Bonchev–Trinajstić information content (AvgIpc) is 2.75. The lowest BCUT2D eigenvalue weighted by Gasteiger charge is -1.99. The summed E-state index contributed by atoms with van der Waals surface area (Å²) >= 11 is 0. The maximum Gasteiger partial charge on any atom is 0.345 e. The number of oxazole rings is 1. The molecule has 0 radical (unpaired) electrons. The van der Waals surface area contributed by atoms with E-state index in [9.17, 15) is 4.79 Å². The highest BCUT2D eigenvalue weighted by Crippen LogP contribution is 2.21. The Balaban J connectivity index is 2.21. The van der Waals surface area contributed by atoms with Crippen LogP contribution < -0.4 is 5.69 Å². The molecular weight excluding hydrogens is 206 g/mol. The Morgan fingerprint density at radius 1 is 1.19 bits per heavy atom.